The molecule has 25 heavy (non-hydrogen) atoms. The van der Waals surface area contributed by atoms with Crippen LogP contribution in [0.1, 0.15) is 18.2 Å². The first-order valence-corrected chi connectivity index (χ1v) is 8.77. The largest absolute Gasteiger partial charge is 0.482 e. The van der Waals surface area contributed by atoms with Crippen LogP contribution in [0.2, 0.25) is 0 Å². The highest BCUT2D eigenvalue weighted by Crippen LogP contribution is 2.29. The Labute approximate surface area is 147 Å². The normalized spacial score (nSPS) is 23.7. The number of aryl methyl sites for hydroxylation is 1. The molecule has 0 amide bonds. The number of ether oxygens (including phenoxy) is 1. The van der Waals surface area contributed by atoms with Crippen LogP contribution in [0.3, 0.4) is 0 Å². The summed E-state index contributed by atoms with van der Waals surface area (Å²) in [6, 6.07) is 0. The number of rotatable bonds is 4. The molecule has 0 aliphatic carbocycles. The summed E-state index contributed by atoms with van der Waals surface area (Å²) in [5.41, 5.74) is 2.29. The summed E-state index contributed by atoms with van der Waals surface area (Å²) in [7, 11) is 2.11. The zero-order valence-corrected chi connectivity index (χ0v) is 14.7. The molecule has 1 fully saturated rings. The molecule has 4 rings (SSSR count). The lowest BCUT2D eigenvalue weighted by Crippen LogP contribution is -2.32. The Balaban J connectivity index is 1.51. The van der Waals surface area contributed by atoms with E-state index < -0.39 is 6.10 Å². The quantitative estimate of drug-likeness (QED) is 0.855. The van der Waals surface area contributed by atoms with Gasteiger partial charge in [-0.25, -0.2) is 9.97 Å². The first-order chi connectivity index (χ1) is 12.1. The molecule has 0 saturated carbocycles. The lowest BCUT2D eigenvalue weighted by atomic mass is 10.1. The van der Waals surface area contributed by atoms with Crippen molar-refractivity contribution in [1.29, 1.82) is 0 Å². The van der Waals surface area contributed by atoms with Gasteiger partial charge in [0.1, 0.15) is 24.4 Å². The predicted molar refractivity (Wildman–Crippen MR) is 92.6 cm³/mol. The van der Waals surface area contributed by atoms with Crippen LogP contribution in [-0.4, -0.2) is 68.6 Å². The average Bonchev–Trinajstić information content (AvgIpc) is 3.21. The minimum absolute atomic E-state index is 0.290. The van der Waals surface area contributed by atoms with E-state index in [2.05, 4.69) is 31.9 Å². The molecule has 2 aromatic heterocycles. The standard InChI is InChI=1S/C17H24N6O2/c1-3-23-7-12(6-20-23)25-16-10-22(9-15(16)24)17-13-8-21(2)5-4-14(13)18-11-19-17/h6-7,11,15-16,24H,3-5,8-10H2,1-2H3/t15-,16-/m1/s1. The fourth-order valence-corrected chi connectivity index (χ4v) is 3.53. The van der Waals surface area contributed by atoms with E-state index in [0.29, 0.717) is 18.8 Å². The highest BCUT2D eigenvalue weighted by atomic mass is 16.5. The van der Waals surface area contributed by atoms with Gasteiger partial charge in [0.05, 0.1) is 24.6 Å². The highest BCUT2D eigenvalue weighted by Gasteiger charge is 2.36. The number of aliphatic hydroxyl groups is 1. The second-order valence-corrected chi connectivity index (χ2v) is 6.77. The van der Waals surface area contributed by atoms with Gasteiger partial charge in [0.15, 0.2) is 5.75 Å². The second kappa shape index (κ2) is 6.61. The molecule has 134 valence electrons. The molecular formula is C17H24N6O2. The van der Waals surface area contributed by atoms with E-state index in [4.69, 9.17) is 4.74 Å². The number of fused-ring (bicyclic) bond motifs is 1. The van der Waals surface area contributed by atoms with Crippen LogP contribution in [0.5, 0.6) is 5.75 Å². The Morgan fingerprint density at radius 2 is 2.20 bits per heavy atom. The SMILES string of the molecule is CCn1cc(O[C@@H]2CN(c3ncnc4c3CN(C)CC4)C[C@H]2O)cn1. The molecule has 1 saturated heterocycles. The van der Waals surface area contributed by atoms with Gasteiger partial charge in [-0.3, -0.25) is 4.68 Å². The summed E-state index contributed by atoms with van der Waals surface area (Å²) in [6.07, 6.45) is 5.27. The molecule has 0 spiro atoms. The van der Waals surface area contributed by atoms with Gasteiger partial charge in [-0.05, 0) is 14.0 Å². The van der Waals surface area contributed by atoms with Gasteiger partial charge < -0.3 is 19.6 Å². The number of likely N-dealkylation sites (N-methyl/N-ethyl adjacent to an activating group) is 1. The van der Waals surface area contributed by atoms with E-state index in [1.165, 1.54) is 5.56 Å². The van der Waals surface area contributed by atoms with Crippen LogP contribution in [0.25, 0.3) is 0 Å². The van der Waals surface area contributed by atoms with Gasteiger partial charge >= 0.3 is 0 Å². The fraction of sp³-hybridized carbons (Fsp3) is 0.588. The molecule has 0 unspecified atom stereocenters. The third-order valence-corrected chi connectivity index (χ3v) is 4.93. The highest BCUT2D eigenvalue weighted by molar-refractivity contribution is 5.51. The first-order valence-electron chi connectivity index (χ1n) is 8.77. The number of aliphatic hydroxyl groups excluding tert-OH is 1. The molecule has 4 heterocycles. The zero-order valence-electron chi connectivity index (χ0n) is 14.7. The molecule has 2 aliphatic rings. The van der Waals surface area contributed by atoms with Crippen molar-refractivity contribution >= 4 is 5.82 Å². The van der Waals surface area contributed by atoms with E-state index in [1.807, 2.05) is 17.8 Å². The van der Waals surface area contributed by atoms with Crippen LogP contribution >= 0.6 is 0 Å². The monoisotopic (exact) mass is 344 g/mol. The van der Waals surface area contributed by atoms with Crippen LogP contribution in [0.4, 0.5) is 5.82 Å². The molecule has 2 atom stereocenters. The van der Waals surface area contributed by atoms with Gasteiger partial charge in [-0.15, -0.1) is 0 Å². The van der Waals surface area contributed by atoms with Crippen molar-refractivity contribution in [2.45, 2.75) is 38.6 Å². The number of β-amino-alcohol motifs (C(OH)–C–C–N with tert-alkyl or cyclic N) is 1. The summed E-state index contributed by atoms with van der Waals surface area (Å²) in [5.74, 6) is 1.61. The molecule has 1 N–H and O–H groups in total. The van der Waals surface area contributed by atoms with Crippen molar-refractivity contribution in [3.63, 3.8) is 0 Å². The maximum absolute atomic E-state index is 10.5. The second-order valence-electron chi connectivity index (χ2n) is 6.77. The third-order valence-electron chi connectivity index (χ3n) is 4.93. The predicted octanol–water partition coefficient (Wildman–Crippen LogP) is 0.309. The number of aromatic nitrogens is 4. The topological polar surface area (TPSA) is 79.5 Å². The summed E-state index contributed by atoms with van der Waals surface area (Å²) >= 11 is 0. The third kappa shape index (κ3) is 3.19. The van der Waals surface area contributed by atoms with Crippen LogP contribution < -0.4 is 9.64 Å². The summed E-state index contributed by atoms with van der Waals surface area (Å²) < 4.78 is 7.77. The molecule has 0 radical (unpaired) electrons. The number of hydrogen-bond acceptors (Lipinski definition) is 7. The van der Waals surface area contributed by atoms with Gasteiger partial charge in [0, 0.05) is 38.2 Å². The smallest absolute Gasteiger partial charge is 0.157 e. The molecular weight excluding hydrogens is 320 g/mol. The maximum Gasteiger partial charge on any atom is 0.157 e. The van der Waals surface area contributed by atoms with Gasteiger partial charge in [0.2, 0.25) is 0 Å². The van der Waals surface area contributed by atoms with Crippen LogP contribution in [0, 0.1) is 0 Å². The molecule has 8 heteroatoms. The summed E-state index contributed by atoms with van der Waals surface area (Å²) in [6.45, 7) is 5.79. The van der Waals surface area contributed by atoms with Crippen LogP contribution in [-0.2, 0) is 19.5 Å². The van der Waals surface area contributed by atoms with Crippen molar-refractivity contribution < 1.29 is 9.84 Å². The molecule has 2 aliphatic heterocycles. The van der Waals surface area contributed by atoms with Gasteiger partial charge in [0.25, 0.3) is 0 Å². The van der Waals surface area contributed by atoms with E-state index >= 15 is 0 Å². The van der Waals surface area contributed by atoms with Crippen LogP contribution in [0.15, 0.2) is 18.7 Å². The maximum atomic E-state index is 10.5. The number of anilines is 1. The molecule has 8 nitrogen and oxygen atoms in total. The van der Waals surface area contributed by atoms with E-state index in [1.54, 1.807) is 12.5 Å². The summed E-state index contributed by atoms with van der Waals surface area (Å²) in [5, 5.41) is 14.7. The first kappa shape index (κ1) is 16.3. The van der Waals surface area contributed by atoms with Crippen molar-refractivity contribution in [2.75, 3.05) is 31.6 Å². The lowest BCUT2D eigenvalue weighted by Gasteiger charge is -2.28. The van der Waals surface area contributed by atoms with E-state index in [9.17, 15) is 5.11 Å². The average molecular weight is 344 g/mol. The Hall–Kier alpha value is -2.19. The molecule has 0 bridgehead atoms. The fourth-order valence-electron chi connectivity index (χ4n) is 3.53. The van der Waals surface area contributed by atoms with Crippen molar-refractivity contribution in [3.8, 4) is 5.75 Å². The molecule has 0 aromatic carbocycles. The Kier molecular flexibility index (Phi) is 4.30. The Bertz CT molecular complexity index is 748. The van der Waals surface area contributed by atoms with Crippen molar-refractivity contribution in [1.82, 2.24) is 24.6 Å². The number of hydrogen-bond donors (Lipinski definition) is 1. The van der Waals surface area contributed by atoms with Gasteiger partial charge in [-0.2, -0.15) is 5.10 Å². The van der Waals surface area contributed by atoms with Crippen molar-refractivity contribution in [3.05, 3.63) is 30.0 Å². The Morgan fingerprint density at radius 3 is 3.00 bits per heavy atom. The lowest BCUT2D eigenvalue weighted by molar-refractivity contribution is 0.0737. The van der Waals surface area contributed by atoms with Crippen molar-refractivity contribution in [2.24, 2.45) is 0 Å². The van der Waals surface area contributed by atoms with E-state index in [-0.39, 0.29) is 6.10 Å². The minimum atomic E-state index is -0.558. The zero-order chi connectivity index (χ0) is 17.4. The van der Waals surface area contributed by atoms with E-state index in [0.717, 1.165) is 37.6 Å². The number of nitrogens with zero attached hydrogens (tertiary/aromatic N) is 6. The van der Waals surface area contributed by atoms with Gasteiger partial charge in [-0.1, -0.05) is 0 Å². The molecule has 2 aromatic rings. The summed E-state index contributed by atoms with van der Waals surface area (Å²) in [4.78, 5) is 13.3. The minimum Gasteiger partial charge on any atom is -0.482 e. The Morgan fingerprint density at radius 1 is 1.32 bits per heavy atom.